The Hall–Kier alpha value is -2.87. The number of nitrogens with one attached hydrogen (secondary N) is 2. The summed E-state index contributed by atoms with van der Waals surface area (Å²) in [5.41, 5.74) is 1.38. The molecule has 1 aromatic carbocycles. The topological polar surface area (TPSA) is 84.1 Å². The number of thioether (sulfide) groups is 1. The number of aromatic nitrogens is 2. The first-order valence-electron chi connectivity index (χ1n) is 9.74. The second-order valence-corrected chi connectivity index (χ2v) is 7.95. The van der Waals surface area contributed by atoms with Gasteiger partial charge in [0.25, 0.3) is 5.56 Å². The van der Waals surface area contributed by atoms with Gasteiger partial charge in [0, 0.05) is 11.4 Å². The van der Waals surface area contributed by atoms with Gasteiger partial charge >= 0.3 is 5.97 Å². The van der Waals surface area contributed by atoms with E-state index in [-0.39, 0.29) is 17.7 Å². The predicted octanol–water partition coefficient (Wildman–Crippen LogP) is 4.36. The molecule has 1 unspecified atom stereocenters. The number of halogens is 1. The highest BCUT2D eigenvalue weighted by Gasteiger charge is 2.36. The maximum Gasteiger partial charge on any atom is 0.337 e. The Balaban J connectivity index is 2.11. The number of esters is 1. The molecule has 1 aliphatic rings. The second-order valence-electron chi connectivity index (χ2n) is 6.87. The van der Waals surface area contributed by atoms with Crippen LogP contribution in [0, 0.1) is 5.82 Å². The normalized spacial score (nSPS) is 15.4. The molecule has 3 rings (SSSR count). The molecular formula is C22H24FN3O3S. The van der Waals surface area contributed by atoms with Crippen molar-refractivity contribution in [3.63, 3.8) is 0 Å². The van der Waals surface area contributed by atoms with E-state index >= 15 is 0 Å². The van der Waals surface area contributed by atoms with E-state index in [1.54, 1.807) is 19.1 Å². The first kappa shape index (κ1) is 21.8. The lowest BCUT2D eigenvalue weighted by Crippen LogP contribution is -2.31. The van der Waals surface area contributed by atoms with Crippen molar-refractivity contribution in [1.82, 2.24) is 9.97 Å². The second kappa shape index (κ2) is 9.75. The van der Waals surface area contributed by atoms with Gasteiger partial charge in [0.05, 0.1) is 17.1 Å². The summed E-state index contributed by atoms with van der Waals surface area (Å²) in [5, 5.41) is 3.60. The van der Waals surface area contributed by atoms with Gasteiger partial charge in [-0.25, -0.2) is 14.2 Å². The molecule has 1 atom stereocenters. The van der Waals surface area contributed by atoms with Crippen LogP contribution in [0.5, 0.6) is 0 Å². The number of nitrogens with zero attached hydrogens (tertiary/aromatic N) is 1. The van der Waals surface area contributed by atoms with E-state index in [4.69, 9.17) is 4.74 Å². The largest absolute Gasteiger partial charge is 0.458 e. The van der Waals surface area contributed by atoms with Crippen LogP contribution in [-0.4, -0.2) is 28.3 Å². The smallest absolute Gasteiger partial charge is 0.337 e. The van der Waals surface area contributed by atoms with Gasteiger partial charge in [0.2, 0.25) is 0 Å². The average molecular weight is 430 g/mol. The van der Waals surface area contributed by atoms with Crippen LogP contribution in [0.25, 0.3) is 0 Å². The minimum Gasteiger partial charge on any atom is -0.458 e. The van der Waals surface area contributed by atoms with Gasteiger partial charge in [-0.05, 0) is 31.0 Å². The van der Waals surface area contributed by atoms with E-state index in [0.29, 0.717) is 27.8 Å². The van der Waals surface area contributed by atoms with Gasteiger partial charge in [-0.15, -0.1) is 0 Å². The number of aromatic amines is 1. The fourth-order valence-electron chi connectivity index (χ4n) is 3.28. The molecule has 0 saturated heterocycles. The van der Waals surface area contributed by atoms with Crippen LogP contribution in [0.1, 0.15) is 43.7 Å². The molecule has 158 valence electrons. The van der Waals surface area contributed by atoms with Crippen LogP contribution in [0.4, 0.5) is 10.2 Å². The molecule has 2 heterocycles. The number of benzene rings is 1. The van der Waals surface area contributed by atoms with E-state index in [1.165, 1.54) is 30.0 Å². The summed E-state index contributed by atoms with van der Waals surface area (Å²) in [5.74, 6) is -0.470. The molecule has 8 heteroatoms. The van der Waals surface area contributed by atoms with E-state index in [0.717, 1.165) is 18.6 Å². The van der Waals surface area contributed by atoms with Gasteiger partial charge < -0.3 is 15.0 Å². The summed E-state index contributed by atoms with van der Waals surface area (Å²) < 4.78 is 18.8. The minimum atomic E-state index is -0.731. The van der Waals surface area contributed by atoms with E-state index in [1.807, 2.05) is 0 Å². The Morgan fingerprint density at radius 1 is 1.37 bits per heavy atom. The first-order valence-corrected chi connectivity index (χ1v) is 10.7. The van der Waals surface area contributed by atoms with Crippen molar-refractivity contribution in [2.45, 2.75) is 37.8 Å². The number of carbonyl (C=O) groups is 1. The highest BCUT2D eigenvalue weighted by molar-refractivity contribution is 7.99. The molecule has 1 aliphatic heterocycles. The van der Waals surface area contributed by atoms with Gasteiger partial charge in [-0.2, -0.15) is 0 Å². The lowest BCUT2D eigenvalue weighted by molar-refractivity contribution is -0.138. The average Bonchev–Trinajstić information content (AvgIpc) is 2.72. The minimum absolute atomic E-state index is 0.0419. The third-order valence-electron chi connectivity index (χ3n) is 4.71. The number of ether oxygens (including phenoxy) is 1. The summed E-state index contributed by atoms with van der Waals surface area (Å²) in [4.78, 5) is 33.2. The molecule has 0 saturated carbocycles. The number of hydrogen-bond acceptors (Lipinski definition) is 6. The van der Waals surface area contributed by atoms with Gasteiger partial charge in [-0.3, -0.25) is 4.79 Å². The number of unbranched alkanes of at least 4 members (excludes halogenated alkanes) is 1. The van der Waals surface area contributed by atoms with Crippen molar-refractivity contribution < 1.29 is 13.9 Å². The lowest BCUT2D eigenvalue weighted by Gasteiger charge is -2.28. The number of anilines is 1. The molecule has 0 amide bonds. The predicted molar refractivity (Wildman–Crippen MR) is 116 cm³/mol. The zero-order valence-corrected chi connectivity index (χ0v) is 17.8. The van der Waals surface area contributed by atoms with Crippen molar-refractivity contribution in [1.29, 1.82) is 0 Å². The zero-order valence-electron chi connectivity index (χ0n) is 17.0. The van der Waals surface area contributed by atoms with Gasteiger partial charge in [0.15, 0.2) is 5.16 Å². The molecule has 0 bridgehead atoms. The highest BCUT2D eigenvalue weighted by atomic mass is 32.2. The summed E-state index contributed by atoms with van der Waals surface area (Å²) in [6.45, 7) is 7.43. The highest BCUT2D eigenvalue weighted by Crippen LogP contribution is 2.40. The Labute approximate surface area is 178 Å². The third kappa shape index (κ3) is 4.64. The van der Waals surface area contributed by atoms with E-state index in [2.05, 4.69) is 28.8 Å². The SMILES string of the molecule is C=CCOC(=O)C1=C(C)Nc2nc(SCCCC)[nH]c(=O)c2C1c1ccc(F)cc1. The number of rotatable bonds is 8. The molecule has 0 spiro atoms. The van der Waals surface area contributed by atoms with Crippen molar-refractivity contribution in [2.24, 2.45) is 0 Å². The number of allylic oxidation sites excluding steroid dienone is 1. The molecule has 0 aliphatic carbocycles. The molecule has 2 aromatic rings. The summed E-state index contributed by atoms with van der Waals surface area (Å²) in [6.07, 6.45) is 3.53. The van der Waals surface area contributed by atoms with Crippen LogP contribution in [0.3, 0.4) is 0 Å². The Morgan fingerprint density at radius 2 is 2.10 bits per heavy atom. The van der Waals surface area contributed by atoms with Crippen molar-refractivity contribution in [2.75, 3.05) is 17.7 Å². The maximum atomic E-state index is 13.5. The monoisotopic (exact) mass is 429 g/mol. The van der Waals surface area contributed by atoms with Crippen molar-refractivity contribution >= 4 is 23.5 Å². The van der Waals surface area contributed by atoms with Crippen molar-refractivity contribution in [3.8, 4) is 0 Å². The van der Waals surface area contributed by atoms with Crippen LogP contribution in [0.2, 0.25) is 0 Å². The molecular weight excluding hydrogens is 405 g/mol. The zero-order chi connectivity index (χ0) is 21.7. The summed E-state index contributed by atoms with van der Waals surface area (Å²) in [6, 6.07) is 5.73. The molecule has 30 heavy (non-hydrogen) atoms. The third-order valence-corrected chi connectivity index (χ3v) is 5.67. The summed E-state index contributed by atoms with van der Waals surface area (Å²) >= 11 is 1.48. The molecule has 1 aromatic heterocycles. The number of fused-ring (bicyclic) bond motifs is 1. The molecule has 2 N–H and O–H groups in total. The number of H-pyrrole nitrogens is 1. The Morgan fingerprint density at radius 3 is 2.77 bits per heavy atom. The number of hydrogen-bond donors (Lipinski definition) is 2. The van der Waals surface area contributed by atoms with Crippen LogP contribution in [0.15, 0.2) is 58.1 Å². The van der Waals surface area contributed by atoms with Crippen LogP contribution >= 0.6 is 11.8 Å². The maximum absolute atomic E-state index is 13.5. The van der Waals surface area contributed by atoms with Gasteiger partial charge in [-0.1, -0.05) is 49.9 Å². The fraction of sp³-hybridized carbons (Fsp3) is 0.318. The molecule has 0 radical (unpaired) electrons. The van der Waals surface area contributed by atoms with Crippen LogP contribution < -0.4 is 10.9 Å². The first-order chi connectivity index (χ1) is 14.5. The molecule has 0 fully saturated rings. The molecule has 6 nitrogen and oxygen atoms in total. The summed E-state index contributed by atoms with van der Waals surface area (Å²) in [7, 11) is 0. The lowest BCUT2D eigenvalue weighted by atomic mass is 9.82. The Kier molecular flexibility index (Phi) is 7.10. The fourth-order valence-corrected chi connectivity index (χ4v) is 4.23. The van der Waals surface area contributed by atoms with Crippen molar-refractivity contribution in [3.05, 3.63) is 75.5 Å². The number of carbonyl (C=O) groups excluding carboxylic acids is 1. The van der Waals surface area contributed by atoms with E-state index < -0.39 is 17.7 Å². The Bertz CT molecular complexity index is 1030. The van der Waals surface area contributed by atoms with Gasteiger partial charge in [0.1, 0.15) is 18.2 Å². The van der Waals surface area contributed by atoms with E-state index in [9.17, 15) is 14.0 Å². The van der Waals surface area contributed by atoms with Crippen LogP contribution in [-0.2, 0) is 9.53 Å². The quantitative estimate of drug-likeness (QED) is 0.213. The standard InChI is InChI=1S/C22H24FN3O3S/c1-4-6-12-30-22-25-19-18(20(27)26-22)17(14-7-9-15(23)10-8-14)16(13(3)24-19)21(28)29-11-5-2/h5,7-10,17H,2,4,6,11-12H2,1,3H3,(H2,24,25,26,27).